The van der Waals surface area contributed by atoms with E-state index in [1.54, 1.807) is 25.1 Å². The lowest BCUT2D eigenvalue weighted by Gasteiger charge is -2.13. The van der Waals surface area contributed by atoms with Crippen molar-refractivity contribution in [1.82, 2.24) is 5.32 Å². The molecule has 0 aliphatic rings. The van der Waals surface area contributed by atoms with Crippen LogP contribution in [0, 0.1) is 6.92 Å². The largest absolute Gasteiger partial charge is 0.491 e. The second-order valence-corrected chi connectivity index (χ2v) is 6.83. The molecular weight excluding hydrogens is 411 g/mol. The number of rotatable bonds is 6. The molecule has 0 saturated carbocycles. The van der Waals surface area contributed by atoms with E-state index in [4.69, 9.17) is 20.8 Å². The van der Waals surface area contributed by atoms with Gasteiger partial charge in [0.05, 0.1) is 5.56 Å². The molecule has 0 saturated heterocycles. The molecular formula is C20H17ClF3NO4. The number of amides is 1. The number of halogens is 4. The summed E-state index contributed by atoms with van der Waals surface area (Å²) in [6.07, 6.45) is -5.50. The normalized spacial score (nSPS) is 12.8. The predicted molar refractivity (Wildman–Crippen MR) is 101 cm³/mol. The molecule has 1 amide bonds. The van der Waals surface area contributed by atoms with Crippen LogP contribution in [0.15, 0.2) is 46.9 Å². The van der Waals surface area contributed by atoms with Gasteiger partial charge in [0.1, 0.15) is 24.0 Å². The lowest BCUT2D eigenvalue weighted by Crippen LogP contribution is -2.35. The predicted octanol–water partition coefficient (Wildman–Crippen LogP) is 4.58. The minimum absolute atomic E-state index is 0.109. The number of hydrogen-bond acceptors (Lipinski definition) is 4. The summed E-state index contributed by atoms with van der Waals surface area (Å²) in [5, 5.41) is 13.7. The fourth-order valence-electron chi connectivity index (χ4n) is 2.69. The van der Waals surface area contributed by atoms with Crippen LogP contribution in [0.3, 0.4) is 0 Å². The van der Waals surface area contributed by atoms with E-state index in [0.29, 0.717) is 21.6 Å². The lowest BCUT2D eigenvalue weighted by atomic mass is 10.1. The first kappa shape index (κ1) is 21.0. The molecule has 154 valence electrons. The number of aliphatic hydroxyl groups excluding tert-OH is 1. The summed E-state index contributed by atoms with van der Waals surface area (Å²) in [6.45, 7) is 1.39. The first-order valence-electron chi connectivity index (χ1n) is 8.60. The first-order valence-corrected chi connectivity index (χ1v) is 8.98. The molecule has 2 aromatic carbocycles. The molecule has 0 aliphatic carbocycles. The van der Waals surface area contributed by atoms with Gasteiger partial charge in [0.15, 0.2) is 5.76 Å². The number of fused-ring (bicyclic) bond motifs is 1. The monoisotopic (exact) mass is 427 g/mol. The van der Waals surface area contributed by atoms with Crippen LogP contribution in [-0.4, -0.2) is 30.3 Å². The standard InChI is InChI=1S/C20H17ClF3NO4/c1-11-16-8-13(21)4-7-17(16)29-18(11)19(27)25-9-14(26)10-28-15-5-2-12(3-6-15)20(22,23)24/h2-8,14,26H,9-10H2,1H3,(H,25,27). The Labute approximate surface area is 169 Å². The Morgan fingerprint density at radius 3 is 2.59 bits per heavy atom. The zero-order valence-electron chi connectivity index (χ0n) is 15.2. The minimum Gasteiger partial charge on any atom is -0.491 e. The molecule has 3 aromatic rings. The maximum Gasteiger partial charge on any atom is 0.416 e. The molecule has 0 aliphatic heterocycles. The van der Waals surface area contributed by atoms with Crippen LogP contribution in [0.1, 0.15) is 21.7 Å². The van der Waals surface area contributed by atoms with Crippen molar-refractivity contribution in [3.8, 4) is 5.75 Å². The van der Waals surface area contributed by atoms with E-state index in [1.165, 1.54) is 0 Å². The summed E-state index contributed by atoms with van der Waals surface area (Å²) < 4.78 is 48.4. The van der Waals surface area contributed by atoms with Gasteiger partial charge in [-0.05, 0) is 49.4 Å². The highest BCUT2D eigenvalue weighted by Gasteiger charge is 2.30. The number of ether oxygens (including phenoxy) is 1. The van der Waals surface area contributed by atoms with Crippen molar-refractivity contribution in [3.05, 3.63) is 64.4 Å². The van der Waals surface area contributed by atoms with Gasteiger partial charge in [-0.2, -0.15) is 13.2 Å². The van der Waals surface area contributed by atoms with Crippen molar-refractivity contribution in [2.24, 2.45) is 0 Å². The molecule has 3 rings (SSSR count). The first-order chi connectivity index (χ1) is 13.6. The van der Waals surface area contributed by atoms with Crippen LogP contribution in [0.2, 0.25) is 5.02 Å². The molecule has 2 N–H and O–H groups in total. The average Bonchev–Trinajstić information content (AvgIpc) is 3.00. The lowest BCUT2D eigenvalue weighted by molar-refractivity contribution is -0.137. The average molecular weight is 428 g/mol. The molecule has 0 radical (unpaired) electrons. The van der Waals surface area contributed by atoms with Crippen LogP contribution in [0.25, 0.3) is 11.0 Å². The van der Waals surface area contributed by atoms with Crippen LogP contribution in [0.4, 0.5) is 13.2 Å². The van der Waals surface area contributed by atoms with Crippen molar-refractivity contribution in [3.63, 3.8) is 0 Å². The third kappa shape index (κ3) is 5.02. The second kappa shape index (κ2) is 8.34. The molecule has 1 aromatic heterocycles. The van der Waals surface area contributed by atoms with E-state index in [0.717, 1.165) is 24.3 Å². The Balaban J connectivity index is 1.53. The Kier molecular flexibility index (Phi) is 6.04. The van der Waals surface area contributed by atoms with E-state index < -0.39 is 23.8 Å². The highest BCUT2D eigenvalue weighted by Crippen LogP contribution is 2.30. The summed E-state index contributed by atoms with van der Waals surface area (Å²) >= 11 is 5.95. The Morgan fingerprint density at radius 1 is 1.24 bits per heavy atom. The molecule has 0 spiro atoms. The van der Waals surface area contributed by atoms with Crippen LogP contribution in [0.5, 0.6) is 5.75 Å². The minimum atomic E-state index is -4.43. The number of nitrogens with one attached hydrogen (secondary N) is 1. The third-order valence-corrected chi connectivity index (χ3v) is 4.46. The number of alkyl halides is 3. The number of carbonyl (C=O) groups is 1. The molecule has 9 heteroatoms. The topological polar surface area (TPSA) is 71.7 Å². The summed E-state index contributed by atoms with van der Waals surface area (Å²) in [6, 6.07) is 9.11. The number of aryl methyl sites for hydroxylation is 1. The van der Waals surface area contributed by atoms with Gasteiger partial charge in [0.2, 0.25) is 0 Å². The highest BCUT2D eigenvalue weighted by molar-refractivity contribution is 6.31. The summed E-state index contributed by atoms with van der Waals surface area (Å²) in [4.78, 5) is 12.3. The van der Waals surface area contributed by atoms with Gasteiger partial charge < -0.3 is 19.6 Å². The zero-order valence-corrected chi connectivity index (χ0v) is 16.0. The Bertz CT molecular complexity index is 1010. The number of furan rings is 1. The SMILES string of the molecule is Cc1c(C(=O)NCC(O)COc2ccc(C(F)(F)F)cc2)oc2ccc(Cl)cc12. The molecule has 29 heavy (non-hydrogen) atoms. The molecule has 1 atom stereocenters. The van der Waals surface area contributed by atoms with E-state index in [2.05, 4.69) is 5.32 Å². The van der Waals surface area contributed by atoms with Crippen molar-refractivity contribution >= 4 is 28.5 Å². The smallest absolute Gasteiger partial charge is 0.416 e. The molecule has 1 heterocycles. The van der Waals surface area contributed by atoms with Gasteiger partial charge in [0.25, 0.3) is 5.91 Å². The number of carbonyl (C=O) groups excluding carboxylic acids is 1. The fraction of sp³-hybridized carbons (Fsp3) is 0.250. The van der Waals surface area contributed by atoms with Gasteiger partial charge in [-0.3, -0.25) is 4.79 Å². The zero-order chi connectivity index (χ0) is 21.2. The Hall–Kier alpha value is -2.71. The quantitative estimate of drug-likeness (QED) is 0.604. The van der Waals surface area contributed by atoms with Crippen molar-refractivity contribution < 1.29 is 32.2 Å². The Morgan fingerprint density at radius 2 is 1.93 bits per heavy atom. The molecule has 0 fully saturated rings. The molecule has 0 bridgehead atoms. The van der Waals surface area contributed by atoms with Crippen molar-refractivity contribution in [2.75, 3.05) is 13.2 Å². The maximum atomic E-state index is 12.5. The van der Waals surface area contributed by atoms with Crippen molar-refractivity contribution in [2.45, 2.75) is 19.2 Å². The maximum absolute atomic E-state index is 12.5. The summed E-state index contributed by atoms with van der Waals surface area (Å²) in [7, 11) is 0. The molecule has 1 unspecified atom stereocenters. The van der Waals surface area contributed by atoms with Gasteiger partial charge >= 0.3 is 6.18 Å². The third-order valence-electron chi connectivity index (χ3n) is 4.23. The van der Waals surface area contributed by atoms with Gasteiger partial charge in [-0.1, -0.05) is 11.6 Å². The van der Waals surface area contributed by atoms with Crippen LogP contribution < -0.4 is 10.1 Å². The van der Waals surface area contributed by atoms with Gasteiger partial charge in [-0.15, -0.1) is 0 Å². The number of aliphatic hydroxyl groups is 1. The summed E-state index contributed by atoms with van der Waals surface area (Å²) in [5.74, 6) is -0.227. The van der Waals surface area contributed by atoms with Gasteiger partial charge in [-0.25, -0.2) is 0 Å². The van der Waals surface area contributed by atoms with Crippen LogP contribution in [-0.2, 0) is 6.18 Å². The van der Waals surface area contributed by atoms with E-state index in [-0.39, 0.29) is 24.7 Å². The van der Waals surface area contributed by atoms with Gasteiger partial charge in [0, 0.05) is 22.5 Å². The molecule has 5 nitrogen and oxygen atoms in total. The number of benzene rings is 2. The summed E-state index contributed by atoms with van der Waals surface area (Å²) in [5.41, 5.74) is 0.346. The van der Waals surface area contributed by atoms with Crippen LogP contribution >= 0.6 is 11.6 Å². The second-order valence-electron chi connectivity index (χ2n) is 6.39. The fourth-order valence-corrected chi connectivity index (χ4v) is 2.86. The van der Waals surface area contributed by atoms with Crippen molar-refractivity contribution in [1.29, 1.82) is 0 Å². The highest BCUT2D eigenvalue weighted by atomic mass is 35.5. The van der Waals surface area contributed by atoms with E-state index in [1.807, 2.05) is 0 Å². The number of hydrogen-bond donors (Lipinski definition) is 2. The van der Waals surface area contributed by atoms with E-state index in [9.17, 15) is 23.1 Å². The van der Waals surface area contributed by atoms with E-state index >= 15 is 0 Å².